The quantitative estimate of drug-likeness (QED) is 0.153. The second-order valence-corrected chi connectivity index (χ2v) is 7.30. The number of aliphatic imine (C=N–C) groups is 1. The average Bonchev–Trinajstić information content (AvgIpc) is 3.14. The Bertz CT molecular complexity index is 980. The van der Waals surface area contributed by atoms with Crippen LogP contribution in [0.2, 0.25) is 0 Å². The highest BCUT2D eigenvalue weighted by Crippen LogP contribution is 2.25. The van der Waals surface area contributed by atoms with Gasteiger partial charge in [0.1, 0.15) is 11.3 Å². The van der Waals surface area contributed by atoms with Crippen molar-refractivity contribution in [1.82, 2.24) is 0 Å². The summed E-state index contributed by atoms with van der Waals surface area (Å²) in [5.74, 6) is 0.0628. The fraction of sp³-hybridized carbons (Fsp3) is 0.333. The zero-order valence-corrected chi connectivity index (χ0v) is 17.6. The predicted octanol–water partition coefficient (Wildman–Crippen LogP) is 5.68. The summed E-state index contributed by atoms with van der Waals surface area (Å²) in [6.45, 7) is 2.89. The van der Waals surface area contributed by atoms with Gasteiger partial charge in [-0.1, -0.05) is 63.3 Å². The van der Waals surface area contributed by atoms with E-state index in [0.717, 1.165) is 17.7 Å². The van der Waals surface area contributed by atoms with Crippen LogP contribution in [0.25, 0.3) is 6.08 Å². The Morgan fingerprint density at radius 2 is 1.74 bits per heavy atom. The van der Waals surface area contributed by atoms with Crippen LogP contribution in [0.15, 0.2) is 59.2 Å². The van der Waals surface area contributed by atoms with E-state index >= 15 is 0 Å². The lowest BCUT2D eigenvalue weighted by molar-refractivity contribution is -0.385. The number of esters is 1. The van der Waals surface area contributed by atoms with Crippen LogP contribution in [0.1, 0.15) is 56.6 Å². The van der Waals surface area contributed by atoms with Crippen LogP contribution < -0.4 is 4.74 Å². The van der Waals surface area contributed by atoms with Crippen LogP contribution in [0.4, 0.5) is 5.69 Å². The molecule has 0 atom stereocenters. The molecule has 31 heavy (non-hydrogen) atoms. The van der Waals surface area contributed by atoms with Crippen LogP contribution in [-0.2, 0) is 9.53 Å². The molecule has 0 radical (unpaired) electrons. The zero-order valence-electron chi connectivity index (χ0n) is 17.6. The summed E-state index contributed by atoms with van der Waals surface area (Å²) >= 11 is 0. The van der Waals surface area contributed by atoms with E-state index in [0.29, 0.717) is 6.61 Å². The number of nitro benzene ring substituents is 1. The Balaban J connectivity index is 1.60. The largest absolute Gasteiger partial charge is 0.494 e. The van der Waals surface area contributed by atoms with E-state index in [1.165, 1.54) is 44.2 Å². The van der Waals surface area contributed by atoms with E-state index in [1.54, 1.807) is 18.2 Å². The first-order chi connectivity index (χ1) is 15.1. The Morgan fingerprint density at radius 3 is 2.48 bits per heavy atom. The standard InChI is InChI=1S/C24H26N2O5/c1-2-3-4-5-6-9-16-30-19-14-12-18(13-15-19)17-21-24(27)31-23(25-21)20-10-7-8-11-22(20)26(28)29/h7-8,10-15,17H,2-6,9,16H2,1H3/b21-17+. The highest BCUT2D eigenvalue weighted by atomic mass is 16.6. The second kappa shape index (κ2) is 11.1. The van der Waals surface area contributed by atoms with Crippen molar-refractivity contribution in [3.05, 3.63) is 75.5 Å². The van der Waals surface area contributed by atoms with E-state index < -0.39 is 10.9 Å². The molecule has 0 aliphatic carbocycles. The van der Waals surface area contributed by atoms with Gasteiger partial charge in [-0.25, -0.2) is 9.79 Å². The molecule has 2 aromatic carbocycles. The van der Waals surface area contributed by atoms with Crippen LogP contribution in [0, 0.1) is 10.1 Å². The number of hydrogen-bond acceptors (Lipinski definition) is 6. The third-order valence-electron chi connectivity index (χ3n) is 4.90. The van der Waals surface area contributed by atoms with Gasteiger partial charge >= 0.3 is 5.97 Å². The lowest BCUT2D eigenvalue weighted by Crippen LogP contribution is -2.07. The Labute approximate surface area is 181 Å². The first-order valence-corrected chi connectivity index (χ1v) is 10.6. The fourth-order valence-electron chi connectivity index (χ4n) is 3.23. The van der Waals surface area contributed by atoms with Crippen molar-refractivity contribution in [2.45, 2.75) is 45.4 Å². The molecular weight excluding hydrogens is 396 g/mol. The van der Waals surface area contributed by atoms with E-state index in [-0.39, 0.29) is 22.8 Å². The van der Waals surface area contributed by atoms with Crippen LogP contribution >= 0.6 is 0 Å². The minimum absolute atomic E-state index is 0.0672. The van der Waals surface area contributed by atoms with Gasteiger partial charge in [0.25, 0.3) is 5.69 Å². The number of benzene rings is 2. The van der Waals surface area contributed by atoms with E-state index in [9.17, 15) is 14.9 Å². The Kier molecular flexibility index (Phi) is 7.92. The van der Waals surface area contributed by atoms with Gasteiger partial charge in [-0.05, 0) is 36.3 Å². The second-order valence-electron chi connectivity index (χ2n) is 7.30. The van der Waals surface area contributed by atoms with Gasteiger partial charge in [0.15, 0.2) is 5.70 Å². The number of nitrogens with zero attached hydrogens (tertiary/aromatic N) is 2. The number of cyclic esters (lactones) is 1. The average molecular weight is 422 g/mol. The molecule has 0 spiro atoms. The van der Waals surface area contributed by atoms with Gasteiger partial charge in [-0.3, -0.25) is 10.1 Å². The van der Waals surface area contributed by atoms with E-state index in [2.05, 4.69) is 11.9 Å². The Morgan fingerprint density at radius 1 is 1.03 bits per heavy atom. The molecule has 0 bridgehead atoms. The van der Waals surface area contributed by atoms with Crippen LogP contribution in [0.3, 0.4) is 0 Å². The normalized spacial score (nSPS) is 14.4. The molecular formula is C24H26N2O5. The first kappa shape index (κ1) is 22.2. The minimum Gasteiger partial charge on any atom is -0.494 e. The van der Waals surface area contributed by atoms with Gasteiger partial charge in [-0.2, -0.15) is 0 Å². The lowest BCUT2D eigenvalue weighted by atomic mass is 10.1. The minimum atomic E-state index is -0.642. The summed E-state index contributed by atoms with van der Waals surface area (Å²) in [5.41, 5.74) is 0.852. The first-order valence-electron chi connectivity index (χ1n) is 10.6. The third kappa shape index (κ3) is 6.25. The molecule has 162 valence electrons. The van der Waals surface area contributed by atoms with Gasteiger partial charge in [0.2, 0.25) is 5.90 Å². The Hall–Kier alpha value is -3.48. The van der Waals surface area contributed by atoms with Gasteiger partial charge in [-0.15, -0.1) is 0 Å². The van der Waals surface area contributed by atoms with Crippen molar-refractivity contribution in [1.29, 1.82) is 0 Å². The predicted molar refractivity (Wildman–Crippen MR) is 119 cm³/mol. The van der Waals surface area contributed by atoms with E-state index in [1.807, 2.05) is 24.3 Å². The summed E-state index contributed by atoms with van der Waals surface area (Å²) < 4.78 is 10.9. The number of nitro groups is 1. The summed E-state index contributed by atoms with van der Waals surface area (Å²) in [7, 11) is 0. The maximum atomic E-state index is 12.2. The SMILES string of the molecule is CCCCCCCCOc1ccc(/C=C2/N=C(c3ccccc3[N+](=O)[O-])OC2=O)cc1. The summed E-state index contributed by atoms with van der Waals surface area (Å²) in [5, 5.41) is 11.2. The van der Waals surface area contributed by atoms with Gasteiger partial charge in [0.05, 0.1) is 11.5 Å². The number of ether oxygens (including phenoxy) is 2. The monoisotopic (exact) mass is 422 g/mol. The van der Waals surface area contributed by atoms with Crippen molar-refractivity contribution in [2.75, 3.05) is 6.61 Å². The number of rotatable bonds is 11. The number of unbranched alkanes of at least 4 members (excludes halogenated alkanes) is 5. The summed E-state index contributed by atoms with van der Waals surface area (Å²) in [6, 6.07) is 13.4. The highest BCUT2D eigenvalue weighted by molar-refractivity contribution is 6.14. The maximum absolute atomic E-state index is 12.2. The summed E-state index contributed by atoms with van der Waals surface area (Å²) in [4.78, 5) is 27.0. The van der Waals surface area contributed by atoms with Crippen molar-refractivity contribution >= 4 is 23.6 Å². The number of hydrogen-bond donors (Lipinski definition) is 0. The summed E-state index contributed by atoms with van der Waals surface area (Å²) in [6.07, 6.45) is 8.85. The molecule has 7 heteroatoms. The zero-order chi connectivity index (χ0) is 22.1. The van der Waals surface area contributed by atoms with Crippen molar-refractivity contribution in [3.8, 4) is 5.75 Å². The van der Waals surface area contributed by atoms with Crippen molar-refractivity contribution in [2.24, 2.45) is 4.99 Å². The molecule has 1 aliphatic heterocycles. The molecule has 1 heterocycles. The highest BCUT2D eigenvalue weighted by Gasteiger charge is 2.28. The van der Waals surface area contributed by atoms with Crippen molar-refractivity contribution < 1.29 is 19.2 Å². The number of carbonyl (C=O) groups is 1. The number of para-hydroxylation sites is 1. The molecule has 0 fully saturated rings. The van der Waals surface area contributed by atoms with Crippen molar-refractivity contribution in [3.63, 3.8) is 0 Å². The number of carbonyl (C=O) groups excluding carboxylic acids is 1. The lowest BCUT2D eigenvalue weighted by Gasteiger charge is -2.06. The van der Waals surface area contributed by atoms with Gasteiger partial charge < -0.3 is 9.47 Å². The molecule has 2 aromatic rings. The smallest absolute Gasteiger partial charge is 0.363 e. The molecule has 1 aliphatic rings. The maximum Gasteiger partial charge on any atom is 0.363 e. The molecule has 3 rings (SSSR count). The molecule has 0 saturated heterocycles. The fourth-order valence-corrected chi connectivity index (χ4v) is 3.23. The van der Waals surface area contributed by atoms with Gasteiger partial charge in [0, 0.05) is 6.07 Å². The molecule has 0 aromatic heterocycles. The topological polar surface area (TPSA) is 91.0 Å². The third-order valence-corrected chi connectivity index (χ3v) is 4.90. The molecule has 0 amide bonds. The molecule has 0 saturated carbocycles. The van der Waals surface area contributed by atoms with E-state index in [4.69, 9.17) is 9.47 Å². The molecule has 7 nitrogen and oxygen atoms in total. The van der Waals surface area contributed by atoms with Crippen LogP contribution in [0.5, 0.6) is 5.75 Å². The van der Waals surface area contributed by atoms with Crippen LogP contribution in [-0.4, -0.2) is 23.4 Å². The molecule has 0 unspecified atom stereocenters. The molecule has 0 N–H and O–H groups in total.